The molecule has 0 aliphatic carbocycles. The summed E-state index contributed by atoms with van der Waals surface area (Å²) in [6, 6.07) is 12.8. The van der Waals surface area contributed by atoms with E-state index < -0.39 is 4.92 Å². The van der Waals surface area contributed by atoms with Crippen LogP contribution in [-0.2, 0) is 12.0 Å². The Morgan fingerprint density at radius 1 is 1.15 bits per heavy atom. The minimum absolute atomic E-state index is 0.0801. The highest BCUT2D eigenvalue weighted by molar-refractivity contribution is 5.59. The van der Waals surface area contributed by atoms with Crippen LogP contribution in [0.2, 0.25) is 0 Å². The van der Waals surface area contributed by atoms with Crippen LogP contribution >= 0.6 is 0 Å². The van der Waals surface area contributed by atoms with Gasteiger partial charge in [-0.25, -0.2) is 4.98 Å². The summed E-state index contributed by atoms with van der Waals surface area (Å²) in [5.74, 6) is 1.82. The topological polar surface area (TPSA) is 93.9 Å². The van der Waals surface area contributed by atoms with Gasteiger partial charge in [-0.05, 0) is 42.2 Å². The van der Waals surface area contributed by atoms with E-state index in [1.165, 1.54) is 11.6 Å². The fourth-order valence-corrected chi connectivity index (χ4v) is 2.69. The lowest BCUT2D eigenvalue weighted by Crippen LogP contribution is -2.10. The Morgan fingerprint density at radius 2 is 1.85 bits per heavy atom. The highest BCUT2D eigenvalue weighted by atomic mass is 16.6. The number of aromatic nitrogens is 3. The van der Waals surface area contributed by atoms with E-state index in [1.807, 2.05) is 12.1 Å². The van der Waals surface area contributed by atoms with Crippen molar-refractivity contribution in [3.8, 4) is 17.1 Å². The summed E-state index contributed by atoms with van der Waals surface area (Å²) < 4.78 is 5.76. The summed E-state index contributed by atoms with van der Waals surface area (Å²) in [5.41, 5.74) is 2.71. The molecule has 0 saturated heterocycles. The Bertz CT molecular complexity index is 956. The molecule has 3 rings (SSSR count). The molecule has 0 unspecified atom stereocenters. The molecule has 1 heterocycles. The second-order valence-corrected chi connectivity index (χ2v) is 7.43. The monoisotopic (exact) mass is 366 g/mol. The van der Waals surface area contributed by atoms with E-state index in [9.17, 15) is 10.1 Å². The van der Waals surface area contributed by atoms with Crippen molar-refractivity contribution in [3.05, 3.63) is 69.5 Å². The number of nitrogens with zero attached hydrogens (tertiary/aromatic N) is 3. The number of aromatic amines is 1. The summed E-state index contributed by atoms with van der Waals surface area (Å²) in [6.45, 7) is 8.45. The number of aryl methyl sites for hydroxylation is 1. The average molecular weight is 366 g/mol. The first-order valence-corrected chi connectivity index (χ1v) is 8.64. The molecule has 0 fully saturated rings. The SMILES string of the molecule is Cc1cc(-c2n[nH]c(COc3ccc(C(C)(C)C)cc3)n2)ccc1[N+](=O)[O-]. The van der Waals surface area contributed by atoms with Gasteiger partial charge in [0, 0.05) is 17.2 Å². The first-order valence-electron chi connectivity index (χ1n) is 8.64. The first kappa shape index (κ1) is 18.6. The van der Waals surface area contributed by atoms with Crippen LogP contribution < -0.4 is 4.74 Å². The highest BCUT2D eigenvalue weighted by Gasteiger charge is 2.14. The number of hydrogen-bond donors (Lipinski definition) is 1. The third-order valence-corrected chi connectivity index (χ3v) is 4.28. The van der Waals surface area contributed by atoms with Gasteiger partial charge in [0.15, 0.2) is 11.6 Å². The van der Waals surface area contributed by atoms with Crippen LogP contribution in [0, 0.1) is 17.0 Å². The molecule has 1 N–H and O–H groups in total. The van der Waals surface area contributed by atoms with Crippen molar-refractivity contribution < 1.29 is 9.66 Å². The standard InChI is InChI=1S/C20H22N4O3/c1-13-11-14(5-10-17(13)24(25)26)19-21-18(22-23-19)12-27-16-8-6-15(7-9-16)20(2,3)4/h5-11H,12H2,1-4H3,(H,21,22,23). The van der Waals surface area contributed by atoms with Crippen molar-refractivity contribution in [1.82, 2.24) is 15.2 Å². The van der Waals surface area contributed by atoms with Crippen LogP contribution in [0.3, 0.4) is 0 Å². The molecule has 1 aromatic heterocycles. The molecule has 2 aromatic carbocycles. The predicted octanol–water partition coefficient (Wildman–Crippen LogP) is 4.56. The number of nitro benzene ring substituents is 1. The third-order valence-electron chi connectivity index (χ3n) is 4.28. The summed E-state index contributed by atoms with van der Waals surface area (Å²) >= 11 is 0. The van der Waals surface area contributed by atoms with E-state index in [0.29, 0.717) is 17.2 Å². The molecule has 0 spiro atoms. The van der Waals surface area contributed by atoms with Crippen LogP contribution in [0.1, 0.15) is 37.7 Å². The van der Waals surface area contributed by atoms with Crippen molar-refractivity contribution in [2.45, 2.75) is 39.7 Å². The summed E-state index contributed by atoms with van der Waals surface area (Å²) in [5, 5.41) is 17.9. The Labute approximate surface area is 157 Å². The second-order valence-electron chi connectivity index (χ2n) is 7.43. The van der Waals surface area contributed by atoms with Crippen LogP contribution in [-0.4, -0.2) is 20.1 Å². The molecule has 140 valence electrons. The molecule has 27 heavy (non-hydrogen) atoms. The molecule has 0 radical (unpaired) electrons. The van der Waals surface area contributed by atoms with Gasteiger partial charge in [-0.1, -0.05) is 32.9 Å². The second kappa shape index (κ2) is 7.19. The van der Waals surface area contributed by atoms with E-state index in [0.717, 1.165) is 11.3 Å². The first-order chi connectivity index (χ1) is 12.7. The lowest BCUT2D eigenvalue weighted by molar-refractivity contribution is -0.385. The molecule has 0 amide bonds. The van der Waals surface area contributed by atoms with E-state index in [4.69, 9.17) is 4.74 Å². The minimum atomic E-state index is -0.401. The number of hydrogen-bond acceptors (Lipinski definition) is 5. The fourth-order valence-electron chi connectivity index (χ4n) is 2.69. The van der Waals surface area contributed by atoms with Gasteiger partial charge in [0.1, 0.15) is 12.4 Å². The van der Waals surface area contributed by atoms with Gasteiger partial charge < -0.3 is 4.74 Å². The fraction of sp³-hybridized carbons (Fsp3) is 0.300. The third kappa shape index (κ3) is 4.31. The van der Waals surface area contributed by atoms with Crippen molar-refractivity contribution in [1.29, 1.82) is 0 Å². The summed E-state index contributed by atoms with van der Waals surface area (Å²) in [4.78, 5) is 14.9. The van der Waals surface area contributed by atoms with E-state index in [1.54, 1.807) is 19.1 Å². The number of nitrogens with one attached hydrogen (secondary N) is 1. The molecule has 3 aromatic rings. The molecule has 0 aliphatic heterocycles. The quantitative estimate of drug-likeness (QED) is 0.527. The largest absolute Gasteiger partial charge is 0.486 e. The summed E-state index contributed by atoms with van der Waals surface area (Å²) in [7, 11) is 0. The molecule has 7 heteroatoms. The Balaban J connectivity index is 1.68. The minimum Gasteiger partial charge on any atom is -0.486 e. The molecular weight excluding hydrogens is 344 g/mol. The van der Waals surface area contributed by atoms with Crippen molar-refractivity contribution in [3.63, 3.8) is 0 Å². The summed E-state index contributed by atoms with van der Waals surface area (Å²) in [6.07, 6.45) is 0. The molecule has 0 saturated carbocycles. The lowest BCUT2D eigenvalue weighted by atomic mass is 9.87. The number of benzene rings is 2. The van der Waals surface area contributed by atoms with E-state index in [-0.39, 0.29) is 17.7 Å². The zero-order chi connectivity index (χ0) is 19.6. The zero-order valence-electron chi connectivity index (χ0n) is 15.8. The highest BCUT2D eigenvalue weighted by Crippen LogP contribution is 2.25. The maximum Gasteiger partial charge on any atom is 0.272 e. The maximum atomic E-state index is 10.9. The van der Waals surface area contributed by atoms with E-state index in [2.05, 4.69) is 48.1 Å². The van der Waals surface area contributed by atoms with Gasteiger partial charge >= 0.3 is 0 Å². The Morgan fingerprint density at radius 3 is 2.44 bits per heavy atom. The number of nitro groups is 1. The lowest BCUT2D eigenvalue weighted by Gasteiger charge is -2.19. The van der Waals surface area contributed by atoms with Gasteiger partial charge in [-0.2, -0.15) is 5.10 Å². The zero-order valence-corrected chi connectivity index (χ0v) is 15.8. The smallest absolute Gasteiger partial charge is 0.272 e. The Hall–Kier alpha value is -3.22. The van der Waals surface area contributed by atoms with Crippen LogP contribution in [0.4, 0.5) is 5.69 Å². The normalized spacial score (nSPS) is 11.4. The molecule has 0 aliphatic rings. The maximum absolute atomic E-state index is 10.9. The van der Waals surface area contributed by atoms with Crippen molar-refractivity contribution in [2.24, 2.45) is 0 Å². The van der Waals surface area contributed by atoms with Crippen molar-refractivity contribution >= 4 is 5.69 Å². The van der Waals surface area contributed by atoms with Gasteiger partial charge in [0.25, 0.3) is 5.69 Å². The van der Waals surface area contributed by atoms with Gasteiger partial charge in [0.2, 0.25) is 0 Å². The Kier molecular flexibility index (Phi) is 4.94. The van der Waals surface area contributed by atoms with Crippen LogP contribution in [0.5, 0.6) is 5.75 Å². The number of ether oxygens (including phenoxy) is 1. The molecule has 7 nitrogen and oxygen atoms in total. The van der Waals surface area contributed by atoms with Crippen LogP contribution in [0.25, 0.3) is 11.4 Å². The molecule has 0 bridgehead atoms. The number of rotatable bonds is 5. The van der Waals surface area contributed by atoms with Gasteiger partial charge in [-0.3, -0.25) is 15.2 Å². The molecular formula is C20H22N4O3. The number of H-pyrrole nitrogens is 1. The van der Waals surface area contributed by atoms with E-state index >= 15 is 0 Å². The van der Waals surface area contributed by atoms with Crippen LogP contribution in [0.15, 0.2) is 42.5 Å². The van der Waals surface area contributed by atoms with Gasteiger partial charge in [-0.15, -0.1) is 0 Å². The molecule has 0 atom stereocenters. The predicted molar refractivity (Wildman–Crippen MR) is 103 cm³/mol. The van der Waals surface area contributed by atoms with Gasteiger partial charge in [0.05, 0.1) is 4.92 Å². The van der Waals surface area contributed by atoms with Crippen molar-refractivity contribution in [2.75, 3.05) is 0 Å². The average Bonchev–Trinajstić information content (AvgIpc) is 3.08.